The summed E-state index contributed by atoms with van der Waals surface area (Å²) in [6.45, 7) is 6.49. The number of carbonyl (C=O) groups is 1. The van der Waals surface area contributed by atoms with Crippen molar-refractivity contribution in [1.29, 1.82) is 0 Å². The quantitative estimate of drug-likeness (QED) is 0.718. The van der Waals surface area contributed by atoms with Crippen LogP contribution in [0.3, 0.4) is 0 Å². The Hall–Kier alpha value is -2.86. The van der Waals surface area contributed by atoms with E-state index in [0.29, 0.717) is 32.0 Å². The largest absolute Gasteiger partial charge is 0.378 e. The molecule has 0 spiro atoms. The summed E-state index contributed by atoms with van der Waals surface area (Å²) in [6.07, 6.45) is 1.98. The zero-order chi connectivity index (χ0) is 19.0. The fourth-order valence-electron chi connectivity index (χ4n) is 3.54. The minimum absolute atomic E-state index is 0.00812. The monoisotopic (exact) mass is 364 g/mol. The third-order valence-electron chi connectivity index (χ3n) is 5.01. The molecule has 0 atom stereocenters. The van der Waals surface area contributed by atoms with E-state index in [2.05, 4.69) is 26.0 Å². The van der Waals surface area contributed by atoms with Crippen molar-refractivity contribution in [3.05, 3.63) is 59.4 Å². The van der Waals surface area contributed by atoms with Gasteiger partial charge in [0.15, 0.2) is 0 Å². The lowest BCUT2D eigenvalue weighted by molar-refractivity contribution is 0.0297. The number of amides is 1. The van der Waals surface area contributed by atoms with Gasteiger partial charge < -0.3 is 14.2 Å². The van der Waals surface area contributed by atoms with Crippen LogP contribution in [0.25, 0.3) is 17.1 Å². The second kappa shape index (κ2) is 7.04. The molecular formula is C21H24N4O2. The van der Waals surface area contributed by atoms with Crippen LogP contribution in [-0.4, -0.2) is 51.5 Å². The summed E-state index contributed by atoms with van der Waals surface area (Å²) in [5.41, 5.74) is 5.56. The van der Waals surface area contributed by atoms with Gasteiger partial charge in [0.1, 0.15) is 11.4 Å². The highest BCUT2D eigenvalue weighted by atomic mass is 16.5. The summed E-state index contributed by atoms with van der Waals surface area (Å²) in [5.74, 6) is -0.00812. The van der Waals surface area contributed by atoms with Gasteiger partial charge in [-0.05, 0) is 43.7 Å². The Morgan fingerprint density at radius 1 is 1.11 bits per heavy atom. The van der Waals surface area contributed by atoms with E-state index in [-0.39, 0.29) is 5.91 Å². The maximum Gasteiger partial charge on any atom is 0.272 e. The number of benzene rings is 1. The molecule has 0 saturated carbocycles. The Labute approximate surface area is 159 Å². The molecule has 27 heavy (non-hydrogen) atoms. The Kier molecular flexibility index (Phi) is 4.58. The first-order valence-corrected chi connectivity index (χ1v) is 9.21. The van der Waals surface area contributed by atoms with Gasteiger partial charge in [0, 0.05) is 26.3 Å². The lowest BCUT2D eigenvalue weighted by Gasteiger charge is -2.27. The molecule has 0 unspecified atom stereocenters. The average Bonchev–Trinajstić information content (AvgIpc) is 3.28. The van der Waals surface area contributed by atoms with Gasteiger partial charge in [-0.3, -0.25) is 4.79 Å². The minimum atomic E-state index is -0.00812. The molecule has 140 valence electrons. The third kappa shape index (κ3) is 3.28. The van der Waals surface area contributed by atoms with Gasteiger partial charge in [0.2, 0.25) is 0 Å². The van der Waals surface area contributed by atoms with E-state index in [4.69, 9.17) is 9.84 Å². The Balaban J connectivity index is 1.83. The summed E-state index contributed by atoms with van der Waals surface area (Å²) >= 11 is 0. The number of rotatable bonds is 3. The molecular weight excluding hydrogens is 340 g/mol. The lowest BCUT2D eigenvalue weighted by Crippen LogP contribution is -2.41. The molecule has 1 amide bonds. The average molecular weight is 364 g/mol. The first-order valence-electron chi connectivity index (χ1n) is 9.21. The van der Waals surface area contributed by atoms with Crippen LogP contribution < -0.4 is 0 Å². The minimum Gasteiger partial charge on any atom is -0.378 e. The standard InChI is InChI=1S/C21H24N4O2/c1-15-6-7-18(16(2)13-15)25-20(21(26)24-9-11-27-12-10-24)14-17(22-25)19-5-4-8-23(19)3/h4-8,13-14H,9-12H2,1-3H3. The number of aromatic nitrogens is 3. The molecule has 3 heterocycles. The summed E-state index contributed by atoms with van der Waals surface area (Å²) in [4.78, 5) is 15.1. The Morgan fingerprint density at radius 2 is 1.89 bits per heavy atom. The normalized spacial score (nSPS) is 14.6. The zero-order valence-corrected chi connectivity index (χ0v) is 16.0. The van der Waals surface area contributed by atoms with Crippen LogP contribution in [0.4, 0.5) is 0 Å². The first-order chi connectivity index (χ1) is 13.0. The van der Waals surface area contributed by atoms with E-state index in [1.54, 1.807) is 4.68 Å². The maximum absolute atomic E-state index is 13.2. The van der Waals surface area contributed by atoms with Gasteiger partial charge in [0.25, 0.3) is 5.91 Å². The van der Waals surface area contributed by atoms with Gasteiger partial charge in [-0.2, -0.15) is 5.10 Å². The molecule has 3 aromatic rings. The van der Waals surface area contributed by atoms with E-state index in [1.165, 1.54) is 5.56 Å². The van der Waals surface area contributed by atoms with Crippen LogP contribution in [0.15, 0.2) is 42.6 Å². The second-order valence-electron chi connectivity index (χ2n) is 7.03. The molecule has 6 nitrogen and oxygen atoms in total. The molecule has 0 N–H and O–H groups in total. The van der Waals surface area contributed by atoms with Gasteiger partial charge >= 0.3 is 0 Å². The fraction of sp³-hybridized carbons (Fsp3) is 0.333. The van der Waals surface area contributed by atoms with Gasteiger partial charge in [0.05, 0.1) is 24.6 Å². The van der Waals surface area contributed by atoms with Crippen LogP contribution in [0.5, 0.6) is 0 Å². The van der Waals surface area contributed by atoms with Crippen molar-refractivity contribution in [2.24, 2.45) is 7.05 Å². The number of ether oxygens (including phenoxy) is 1. The van der Waals surface area contributed by atoms with Crippen LogP contribution in [0.1, 0.15) is 21.6 Å². The van der Waals surface area contributed by atoms with Gasteiger partial charge in [-0.25, -0.2) is 4.68 Å². The molecule has 1 saturated heterocycles. The molecule has 1 aromatic carbocycles. The molecule has 0 bridgehead atoms. The SMILES string of the molecule is Cc1ccc(-n2nc(-c3cccn3C)cc2C(=O)N2CCOCC2)c(C)c1. The highest BCUT2D eigenvalue weighted by molar-refractivity contribution is 5.94. The van der Waals surface area contributed by atoms with Crippen molar-refractivity contribution in [2.45, 2.75) is 13.8 Å². The third-order valence-corrected chi connectivity index (χ3v) is 5.01. The highest BCUT2D eigenvalue weighted by Gasteiger charge is 2.25. The van der Waals surface area contributed by atoms with E-state index >= 15 is 0 Å². The Morgan fingerprint density at radius 3 is 2.56 bits per heavy atom. The van der Waals surface area contributed by atoms with Crippen molar-refractivity contribution in [3.63, 3.8) is 0 Å². The molecule has 0 radical (unpaired) electrons. The number of hydrogen-bond acceptors (Lipinski definition) is 3. The van der Waals surface area contributed by atoms with Crippen molar-refractivity contribution >= 4 is 5.91 Å². The first kappa shape index (κ1) is 17.5. The van der Waals surface area contributed by atoms with E-state index < -0.39 is 0 Å². The highest BCUT2D eigenvalue weighted by Crippen LogP contribution is 2.25. The number of hydrogen-bond donors (Lipinski definition) is 0. The Bertz CT molecular complexity index is 980. The smallest absolute Gasteiger partial charge is 0.272 e. The molecule has 1 aliphatic heterocycles. The summed E-state index contributed by atoms with van der Waals surface area (Å²) in [7, 11) is 1.98. The van der Waals surface area contributed by atoms with Crippen LogP contribution >= 0.6 is 0 Å². The molecule has 0 aliphatic carbocycles. The maximum atomic E-state index is 13.2. The molecule has 4 rings (SSSR count). The zero-order valence-electron chi connectivity index (χ0n) is 16.0. The van der Waals surface area contributed by atoms with Crippen molar-refractivity contribution < 1.29 is 9.53 Å². The summed E-state index contributed by atoms with van der Waals surface area (Å²) < 4.78 is 9.19. The fourth-order valence-corrected chi connectivity index (χ4v) is 3.54. The lowest BCUT2D eigenvalue weighted by atomic mass is 10.1. The topological polar surface area (TPSA) is 52.3 Å². The molecule has 1 fully saturated rings. The van der Waals surface area contributed by atoms with Crippen LogP contribution in [0, 0.1) is 13.8 Å². The number of morpholine rings is 1. The molecule has 6 heteroatoms. The second-order valence-corrected chi connectivity index (χ2v) is 7.03. The summed E-state index contributed by atoms with van der Waals surface area (Å²) in [5, 5.41) is 4.81. The van der Waals surface area contributed by atoms with E-state index in [9.17, 15) is 4.79 Å². The molecule has 2 aromatic heterocycles. The van der Waals surface area contributed by atoms with Crippen molar-refractivity contribution in [1.82, 2.24) is 19.2 Å². The predicted octanol–water partition coefficient (Wildman–Crippen LogP) is 2.97. The predicted molar refractivity (Wildman–Crippen MR) is 104 cm³/mol. The number of aryl methyl sites for hydroxylation is 3. The number of carbonyl (C=O) groups excluding carboxylic acids is 1. The van der Waals surface area contributed by atoms with E-state index in [0.717, 1.165) is 22.6 Å². The van der Waals surface area contributed by atoms with Crippen LogP contribution in [0.2, 0.25) is 0 Å². The van der Waals surface area contributed by atoms with E-state index in [1.807, 2.05) is 47.0 Å². The number of nitrogens with zero attached hydrogens (tertiary/aromatic N) is 4. The van der Waals surface area contributed by atoms with Gasteiger partial charge in [-0.1, -0.05) is 17.7 Å². The van der Waals surface area contributed by atoms with Crippen molar-refractivity contribution in [2.75, 3.05) is 26.3 Å². The summed E-state index contributed by atoms with van der Waals surface area (Å²) in [6, 6.07) is 12.1. The molecule has 1 aliphatic rings. The van der Waals surface area contributed by atoms with Crippen LogP contribution in [-0.2, 0) is 11.8 Å². The van der Waals surface area contributed by atoms with Crippen molar-refractivity contribution in [3.8, 4) is 17.1 Å². The van der Waals surface area contributed by atoms with Gasteiger partial charge in [-0.15, -0.1) is 0 Å².